The second kappa shape index (κ2) is 10.3. The van der Waals surface area contributed by atoms with Crippen LogP contribution in [0.5, 0.6) is 11.5 Å². The van der Waals surface area contributed by atoms with E-state index in [-0.39, 0.29) is 25.0 Å². The van der Waals surface area contributed by atoms with Gasteiger partial charge in [-0.3, -0.25) is 9.59 Å². The number of rotatable bonds is 9. The molecule has 0 aromatic heterocycles. The van der Waals surface area contributed by atoms with Gasteiger partial charge in [0.2, 0.25) is 5.91 Å². The summed E-state index contributed by atoms with van der Waals surface area (Å²) >= 11 is 0. The van der Waals surface area contributed by atoms with E-state index < -0.39 is 5.91 Å². The van der Waals surface area contributed by atoms with E-state index in [0.717, 1.165) is 6.42 Å². The van der Waals surface area contributed by atoms with Crippen molar-refractivity contribution in [3.05, 3.63) is 24.3 Å². The highest BCUT2D eigenvalue weighted by Gasteiger charge is 2.08. The Balaban J connectivity index is 2.34. The van der Waals surface area contributed by atoms with Crippen molar-refractivity contribution in [2.45, 2.75) is 39.7 Å². The molecular formula is C17H25N3O4. The summed E-state index contributed by atoms with van der Waals surface area (Å²) in [6, 6.07) is 7.02. The maximum atomic E-state index is 11.7. The van der Waals surface area contributed by atoms with Crippen LogP contribution in [0.4, 0.5) is 0 Å². The number of amides is 2. The van der Waals surface area contributed by atoms with Crippen LogP contribution in [0.3, 0.4) is 0 Å². The van der Waals surface area contributed by atoms with Crippen molar-refractivity contribution in [3.8, 4) is 11.5 Å². The Labute approximate surface area is 142 Å². The molecule has 0 heterocycles. The van der Waals surface area contributed by atoms with E-state index in [1.807, 2.05) is 13.8 Å². The first kappa shape index (κ1) is 19.5. The summed E-state index contributed by atoms with van der Waals surface area (Å²) in [5, 5.41) is 6.73. The fourth-order valence-corrected chi connectivity index (χ4v) is 1.71. The van der Waals surface area contributed by atoms with Crippen LogP contribution < -0.4 is 20.2 Å². The van der Waals surface area contributed by atoms with E-state index in [2.05, 4.69) is 15.8 Å². The Kier molecular flexibility index (Phi) is 8.32. The molecule has 7 heteroatoms. The second-order valence-electron chi connectivity index (χ2n) is 5.40. The average Bonchev–Trinajstić information content (AvgIpc) is 2.58. The highest BCUT2D eigenvalue weighted by molar-refractivity contribution is 6.00. The maximum absolute atomic E-state index is 11.7. The zero-order valence-electron chi connectivity index (χ0n) is 14.6. The molecule has 0 fully saturated rings. The number of nitrogens with zero attached hydrogens (tertiary/aromatic N) is 1. The molecular weight excluding hydrogens is 310 g/mol. The minimum Gasteiger partial charge on any atom is -0.497 e. The lowest BCUT2D eigenvalue weighted by molar-refractivity contribution is -0.123. The third-order valence-electron chi connectivity index (χ3n) is 3.24. The van der Waals surface area contributed by atoms with Gasteiger partial charge in [0.05, 0.1) is 13.5 Å². The van der Waals surface area contributed by atoms with E-state index in [0.29, 0.717) is 17.2 Å². The summed E-state index contributed by atoms with van der Waals surface area (Å²) < 4.78 is 10.4. The molecule has 24 heavy (non-hydrogen) atoms. The molecule has 0 unspecified atom stereocenters. The van der Waals surface area contributed by atoms with Crippen molar-refractivity contribution in [2.24, 2.45) is 5.10 Å². The van der Waals surface area contributed by atoms with Crippen molar-refractivity contribution in [2.75, 3.05) is 13.7 Å². The predicted molar refractivity (Wildman–Crippen MR) is 92.3 cm³/mol. The lowest BCUT2D eigenvalue weighted by atomic mass is 10.2. The topological polar surface area (TPSA) is 89.0 Å². The standard InChI is InChI=1S/C17H25N3O4/c1-5-12(2)18-16(21)10-13(3)19-20-17(22)11-24-15-8-6-14(23-4)7-9-15/h6-9,12H,5,10-11H2,1-4H3,(H,18,21)(H,20,22)/b19-13-/t12-/m0/s1. The average molecular weight is 335 g/mol. The van der Waals surface area contributed by atoms with E-state index >= 15 is 0 Å². The van der Waals surface area contributed by atoms with Crippen LogP contribution >= 0.6 is 0 Å². The van der Waals surface area contributed by atoms with Gasteiger partial charge in [0, 0.05) is 11.8 Å². The van der Waals surface area contributed by atoms with Gasteiger partial charge in [0.15, 0.2) is 6.61 Å². The Bertz CT molecular complexity index is 570. The largest absolute Gasteiger partial charge is 0.497 e. The number of hydrogen-bond acceptors (Lipinski definition) is 5. The Morgan fingerprint density at radius 3 is 2.38 bits per heavy atom. The number of ether oxygens (including phenoxy) is 2. The van der Waals surface area contributed by atoms with Crippen LogP contribution in [-0.2, 0) is 9.59 Å². The number of methoxy groups -OCH3 is 1. The molecule has 0 spiro atoms. The number of hydrogen-bond donors (Lipinski definition) is 2. The van der Waals surface area contributed by atoms with E-state index in [1.165, 1.54) is 0 Å². The van der Waals surface area contributed by atoms with Gasteiger partial charge in [-0.15, -0.1) is 0 Å². The van der Waals surface area contributed by atoms with E-state index in [1.54, 1.807) is 38.3 Å². The zero-order valence-corrected chi connectivity index (χ0v) is 14.6. The molecule has 0 aliphatic heterocycles. The van der Waals surface area contributed by atoms with Gasteiger partial charge in [0.1, 0.15) is 11.5 Å². The summed E-state index contributed by atoms with van der Waals surface area (Å²) in [5.41, 5.74) is 2.89. The molecule has 2 N–H and O–H groups in total. The van der Waals surface area contributed by atoms with Crippen LogP contribution in [0, 0.1) is 0 Å². The lowest BCUT2D eigenvalue weighted by Crippen LogP contribution is -2.33. The molecule has 2 amide bonds. The number of hydrazone groups is 1. The summed E-state index contributed by atoms with van der Waals surface area (Å²) in [5.74, 6) is 0.754. The first-order valence-electron chi connectivity index (χ1n) is 7.82. The molecule has 7 nitrogen and oxygen atoms in total. The molecule has 1 rings (SSSR count). The summed E-state index contributed by atoms with van der Waals surface area (Å²) in [6.45, 7) is 5.45. The summed E-state index contributed by atoms with van der Waals surface area (Å²) in [4.78, 5) is 23.4. The fraction of sp³-hybridized carbons (Fsp3) is 0.471. The monoisotopic (exact) mass is 335 g/mol. The fourth-order valence-electron chi connectivity index (χ4n) is 1.71. The quantitative estimate of drug-likeness (QED) is 0.532. The minimum absolute atomic E-state index is 0.116. The van der Waals surface area contributed by atoms with Crippen molar-refractivity contribution in [1.82, 2.24) is 10.7 Å². The molecule has 1 aromatic carbocycles. The van der Waals surface area contributed by atoms with Crippen molar-refractivity contribution in [1.29, 1.82) is 0 Å². The van der Waals surface area contributed by atoms with E-state index in [9.17, 15) is 9.59 Å². The van der Waals surface area contributed by atoms with Crippen LogP contribution in [0.1, 0.15) is 33.6 Å². The maximum Gasteiger partial charge on any atom is 0.277 e. The number of benzene rings is 1. The zero-order chi connectivity index (χ0) is 17.9. The van der Waals surface area contributed by atoms with Crippen molar-refractivity contribution in [3.63, 3.8) is 0 Å². The van der Waals surface area contributed by atoms with Crippen LogP contribution in [0.25, 0.3) is 0 Å². The Morgan fingerprint density at radius 2 is 1.79 bits per heavy atom. The third-order valence-corrected chi connectivity index (χ3v) is 3.24. The normalized spacial score (nSPS) is 12.2. The molecule has 0 aliphatic carbocycles. The van der Waals surface area contributed by atoms with Gasteiger partial charge in [-0.2, -0.15) is 5.10 Å². The Hall–Kier alpha value is -2.57. The first-order chi connectivity index (χ1) is 11.4. The van der Waals surface area contributed by atoms with Gasteiger partial charge in [-0.1, -0.05) is 6.92 Å². The van der Waals surface area contributed by atoms with Crippen molar-refractivity contribution >= 4 is 17.5 Å². The minimum atomic E-state index is -0.396. The summed E-state index contributed by atoms with van der Waals surface area (Å²) in [6.07, 6.45) is 1.01. The highest BCUT2D eigenvalue weighted by atomic mass is 16.5. The van der Waals surface area contributed by atoms with E-state index in [4.69, 9.17) is 9.47 Å². The molecule has 0 saturated carbocycles. The molecule has 1 atom stereocenters. The van der Waals surface area contributed by atoms with Gasteiger partial charge in [0.25, 0.3) is 5.91 Å². The molecule has 0 saturated heterocycles. The van der Waals surface area contributed by atoms with Gasteiger partial charge >= 0.3 is 0 Å². The first-order valence-corrected chi connectivity index (χ1v) is 7.82. The van der Waals surface area contributed by atoms with Gasteiger partial charge in [-0.25, -0.2) is 5.43 Å². The molecule has 0 radical (unpaired) electrons. The molecule has 1 aromatic rings. The SMILES string of the molecule is CC[C@H](C)NC(=O)C/C(C)=N\NC(=O)COc1ccc(OC)cc1. The van der Waals surface area contributed by atoms with Crippen LogP contribution in [-0.4, -0.2) is 37.3 Å². The molecule has 0 aliphatic rings. The predicted octanol–water partition coefficient (Wildman–Crippen LogP) is 1.87. The molecule has 132 valence electrons. The Morgan fingerprint density at radius 1 is 1.17 bits per heavy atom. The van der Waals surface area contributed by atoms with Crippen LogP contribution in [0.2, 0.25) is 0 Å². The number of nitrogens with one attached hydrogen (secondary N) is 2. The van der Waals surface area contributed by atoms with Gasteiger partial charge < -0.3 is 14.8 Å². The van der Waals surface area contributed by atoms with Crippen LogP contribution in [0.15, 0.2) is 29.4 Å². The third kappa shape index (κ3) is 7.62. The number of carbonyl (C=O) groups is 2. The van der Waals surface area contributed by atoms with Crippen molar-refractivity contribution < 1.29 is 19.1 Å². The molecule has 0 bridgehead atoms. The highest BCUT2D eigenvalue weighted by Crippen LogP contribution is 2.16. The number of carbonyl (C=O) groups excluding carboxylic acids is 2. The second-order valence-corrected chi connectivity index (χ2v) is 5.40. The lowest BCUT2D eigenvalue weighted by Gasteiger charge is -2.11. The van der Waals surface area contributed by atoms with Gasteiger partial charge in [-0.05, 0) is 44.5 Å². The summed E-state index contributed by atoms with van der Waals surface area (Å²) in [7, 11) is 1.58. The smallest absolute Gasteiger partial charge is 0.277 e.